The first-order chi connectivity index (χ1) is 20.1. The van der Waals surface area contributed by atoms with E-state index in [1.807, 2.05) is 91.0 Å². The van der Waals surface area contributed by atoms with Crippen LogP contribution in [0.2, 0.25) is 0 Å². The van der Waals surface area contributed by atoms with Gasteiger partial charge in [0.25, 0.3) is 0 Å². The Bertz CT molecular complexity index is 2110. The maximum atomic E-state index is 14.7. The third-order valence-electron chi connectivity index (χ3n) is 6.94. The van der Waals surface area contributed by atoms with Crippen LogP contribution >= 0.6 is 11.8 Å². The van der Waals surface area contributed by atoms with Crippen molar-refractivity contribution in [2.45, 2.75) is 36.2 Å². The maximum absolute atomic E-state index is 14.7. The van der Waals surface area contributed by atoms with E-state index in [2.05, 4.69) is 0 Å². The highest BCUT2D eigenvalue weighted by atomic mass is 32.2. The number of aromatic nitrogens is 1. The average molecular weight is 592 g/mol. The normalized spacial score (nSPS) is 12.7. The van der Waals surface area contributed by atoms with Crippen LogP contribution < -0.4 is 0 Å². The number of rotatable bonds is 5. The smallest absolute Gasteiger partial charge is 0.419 e. The van der Waals surface area contributed by atoms with Crippen LogP contribution in [0.1, 0.15) is 26.3 Å². The summed E-state index contributed by atoms with van der Waals surface area (Å²) in [6, 6.07) is 34.0. The number of ether oxygens (including phenoxy) is 1. The lowest BCUT2D eigenvalue weighted by atomic mass is 10.1. The first-order valence-electron chi connectivity index (χ1n) is 13.5. The van der Waals surface area contributed by atoms with Gasteiger partial charge in [0.15, 0.2) is 0 Å². The zero-order valence-corrected chi connectivity index (χ0v) is 25.1. The zero-order chi connectivity index (χ0) is 29.5. The molecule has 0 saturated carbocycles. The molecule has 0 aliphatic heterocycles. The van der Waals surface area contributed by atoms with E-state index in [0.29, 0.717) is 21.9 Å². The third kappa shape index (κ3) is 5.22. The number of para-hydroxylation sites is 1. The van der Waals surface area contributed by atoms with Crippen LogP contribution in [0.5, 0.6) is 0 Å². The summed E-state index contributed by atoms with van der Waals surface area (Å²) in [6.45, 7) is 5.40. The number of carbonyl (C=O) groups excluding carboxylic acids is 1. The molecule has 0 amide bonds. The SMILES string of the molecule is CC(C)(C)OC(=O)n1cc(/C(=C\Sc2cccc3ccccc23)S(=O)(=O)c2cccc3ccccc23)c2ccccc21. The molecule has 1 aromatic heterocycles. The number of carbonyl (C=O) groups is 1. The van der Waals surface area contributed by atoms with Gasteiger partial charge in [-0.2, -0.15) is 0 Å². The van der Waals surface area contributed by atoms with Crippen molar-refractivity contribution in [1.29, 1.82) is 0 Å². The summed E-state index contributed by atoms with van der Waals surface area (Å²) in [5.74, 6) is 0. The van der Waals surface area contributed by atoms with Gasteiger partial charge in [0, 0.05) is 27.4 Å². The van der Waals surface area contributed by atoms with Gasteiger partial charge in [0.1, 0.15) is 5.60 Å². The van der Waals surface area contributed by atoms with Crippen molar-refractivity contribution < 1.29 is 17.9 Å². The van der Waals surface area contributed by atoms with Gasteiger partial charge in [-0.25, -0.2) is 13.2 Å². The Morgan fingerprint density at radius 2 is 1.31 bits per heavy atom. The molecule has 6 aromatic rings. The number of nitrogens with zero attached hydrogens (tertiary/aromatic N) is 1. The van der Waals surface area contributed by atoms with Crippen molar-refractivity contribution in [2.75, 3.05) is 0 Å². The van der Waals surface area contributed by atoms with Crippen molar-refractivity contribution >= 4 is 65.0 Å². The molecule has 7 heteroatoms. The highest BCUT2D eigenvalue weighted by Crippen LogP contribution is 2.40. The molecule has 0 aliphatic carbocycles. The van der Waals surface area contributed by atoms with Crippen LogP contribution in [-0.2, 0) is 14.6 Å². The minimum absolute atomic E-state index is 0.107. The van der Waals surface area contributed by atoms with Crippen molar-refractivity contribution in [1.82, 2.24) is 4.57 Å². The molecule has 0 aliphatic rings. The molecular weight excluding hydrogens is 563 g/mol. The van der Waals surface area contributed by atoms with E-state index in [-0.39, 0.29) is 9.80 Å². The Hall–Kier alpha value is -4.33. The van der Waals surface area contributed by atoms with Gasteiger partial charge in [-0.1, -0.05) is 103 Å². The Labute approximate surface area is 249 Å². The lowest BCUT2D eigenvalue weighted by Gasteiger charge is -2.19. The molecule has 0 radical (unpaired) electrons. The average Bonchev–Trinajstić information content (AvgIpc) is 3.35. The fourth-order valence-electron chi connectivity index (χ4n) is 5.07. The Kier molecular flexibility index (Phi) is 7.17. The summed E-state index contributed by atoms with van der Waals surface area (Å²) in [5.41, 5.74) is 0.272. The summed E-state index contributed by atoms with van der Waals surface area (Å²) in [7, 11) is -4.07. The fourth-order valence-corrected chi connectivity index (χ4v) is 7.98. The van der Waals surface area contributed by atoms with E-state index >= 15 is 0 Å². The van der Waals surface area contributed by atoms with Crippen LogP contribution in [0.4, 0.5) is 4.79 Å². The molecule has 210 valence electrons. The minimum Gasteiger partial charge on any atom is -0.443 e. The predicted octanol–water partition coefficient (Wildman–Crippen LogP) is 9.30. The van der Waals surface area contributed by atoms with E-state index in [9.17, 15) is 13.2 Å². The van der Waals surface area contributed by atoms with Crippen molar-refractivity contribution in [3.63, 3.8) is 0 Å². The number of fused-ring (bicyclic) bond motifs is 3. The second kappa shape index (κ2) is 10.8. The van der Waals surface area contributed by atoms with E-state index in [1.165, 1.54) is 16.3 Å². The van der Waals surface area contributed by atoms with Gasteiger partial charge in [-0.15, -0.1) is 0 Å². The Morgan fingerprint density at radius 3 is 2.02 bits per heavy atom. The summed E-state index contributed by atoms with van der Waals surface area (Å²) < 4.78 is 36.4. The second-order valence-electron chi connectivity index (χ2n) is 11.0. The molecule has 0 fully saturated rings. The Balaban J connectivity index is 1.59. The topological polar surface area (TPSA) is 65.4 Å². The van der Waals surface area contributed by atoms with Gasteiger partial charge in [-0.05, 0) is 60.5 Å². The standard InChI is InChI=1S/C35H29NO4S2/c1-35(2,3)40-34(37)36-22-29(28-18-8-9-19-30(28)36)33(23-41-31-20-10-14-24-12-4-6-16-26(24)31)42(38,39)32-21-11-15-25-13-5-7-17-27(25)32/h4-23H,1-3H3/b33-23+. The van der Waals surface area contributed by atoms with Crippen LogP contribution in [0.15, 0.2) is 131 Å². The molecule has 6 rings (SSSR count). The number of hydrogen-bond donors (Lipinski definition) is 0. The summed E-state index contributed by atoms with van der Waals surface area (Å²) >= 11 is 1.35. The molecule has 5 nitrogen and oxygen atoms in total. The zero-order valence-electron chi connectivity index (χ0n) is 23.4. The number of benzene rings is 5. The first-order valence-corrected chi connectivity index (χ1v) is 15.9. The van der Waals surface area contributed by atoms with Gasteiger partial charge in [0.2, 0.25) is 9.84 Å². The number of sulfone groups is 1. The summed E-state index contributed by atoms with van der Waals surface area (Å²) in [6.07, 6.45) is 1.00. The van der Waals surface area contributed by atoms with Gasteiger partial charge in [0.05, 0.1) is 15.3 Å². The van der Waals surface area contributed by atoms with Crippen LogP contribution in [0.3, 0.4) is 0 Å². The van der Waals surface area contributed by atoms with Crippen LogP contribution in [0.25, 0.3) is 37.4 Å². The van der Waals surface area contributed by atoms with Crippen molar-refractivity contribution in [3.05, 3.63) is 126 Å². The lowest BCUT2D eigenvalue weighted by Crippen LogP contribution is -2.26. The van der Waals surface area contributed by atoms with E-state index in [0.717, 1.165) is 21.1 Å². The summed E-state index contributed by atoms with van der Waals surface area (Å²) in [4.78, 5) is 14.5. The van der Waals surface area contributed by atoms with Gasteiger partial charge in [-0.3, -0.25) is 4.57 Å². The molecule has 0 unspecified atom stereocenters. The molecule has 0 bridgehead atoms. The van der Waals surface area contributed by atoms with E-state index in [1.54, 1.807) is 50.6 Å². The molecule has 0 spiro atoms. The molecule has 5 aromatic carbocycles. The molecule has 0 N–H and O–H groups in total. The summed E-state index contributed by atoms with van der Waals surface area (Å²) in [5, 5.41) is 5.89. The second-order valence-corrected chi connectivity index (χ2v) is 13.8. The molecule has 0 atom stereocenters. The van der Waals surface area contributed by atoms with Crippen molar-refractivity contribution in [3.8, 4) is 0 Å². The highest BCUT2D eigenvalue weighted by Gasteiger charge is 2.29. The number of hydrogen-bond acceptors (Lipinski definition) is 5. The molecule has 0 saturated heterocycles. The largest absolute Gasteiger partial charge is 0.443 e. The predicted molar refractivity (Wildman–Crippen MR) is 172 cm³/mol. The van der Waals surface area contributed by atoms with E-state index in [4.69, 9.17) is 4.74 Å². The molecule has 42 heavy (non-hydrogen) atoms. The molecule has 1 heterocycles. The van der Waals surface area contributed by atoms with Crippen LogP contribution in [0, 0.1) is 0 Å². The minimum atomic E-state index is -4.07. The van der Waals surface area contributed by atoms with Gasteiger partial charge < -0.3 is 4.74 Å². The van der Waals surface area contributed by atoms with Crippen LogP contribution in [-0.4, -0.2) is 24.7 Å². The monoisotopic (exact) mass is 591 g/mol. The quantitative estimate of drug-likeness (QED) is 0.187. The Morgan fingerprint density at radius 1 is 0.738 bits per heavy atom. The van der Waals surface area contributed by atoms with Crippen molar-refractivity contribution in [2.24, 2.45) is 0 Å². The number of thioether (sulfide) groups is 1. The maximum Gasteiger partial charge on any atom is 0.419 e. The fraction of sp³-hybridized carbons (Fsp3) is 0.114. The molecular formula is C35H29NO4S2. The van der Waals surface area contributed by atoms with Gasteiger partial charge >= 0.3 is 6.09 Å². The highest BCUT2D eigenvalue weighted by molar-refractivity contribution is 8.06. The first kappa shape index (κ1) is 27.8. The lowest BCUT2D eigenvalue weighted by molar-refractivity contribution is 0.0544. The van der Waals surface area contributed by atoms with E-state index < -0.39 is 21.5 Å². The third-order valence-corrected chi connectivity index (χ3v) is 9.90.